The third kappa shape index (κ3) is 4.74. The minimum Gasteiger partial charge on any atom is -0.450 e. The summed E-state index contributed by atoms with van der Waals surface area (Å²) in [6, 6.07) is 28.0. The average Bonchev–Trinajstić information content (AvgIpc) is 3.30. The van der Waals surface area contributed by atoms with Gasteiger partial charge in [-0.3, -0.25) is 14.9 Å². The lowest BCUT2D eigenvalue weighted by Gasteiger charge is -2.05. The van der Waals surface area contributed by atoms with E-state index < -0.39 is 23.9 Å². The predicted molar refractivity (Wildman–Crippen MR) is 136 cm³/mol. The first-order valence-electron chi connectivity index (χ1n) is 11.2. The second kappa shape index (κ2) is 10.1. The van der Waals surface area contributed by atoms with Gasteiger partial charge in [0.1, 0.15) is 23.0 Å². The number of nitriles is 1. The Morgan fingerprint density at radius 2 is 1.51 bits per heavy atom. The molecular formula is C29H18N2O6. The first kappa shape index (κ1) is 23.3. The maximum Gasteiger partial charge on any atom is 0.374 e. The predicted octanol–water partition coefficient (Wildman–Crippen LogP) is 5.39. The lowest BCUT2D eigenvalue weighted by molar-refractivity contribution is -0.119. The molecule has 180 valence electrons. The number of furan rings is 1. The van der Waals surface area contributed by atoms with E-state index in [0.717, 1.165) is 17.2 Å². The number of esters is 1. The van der Waals surface area contributed by atoms with Gasteiger partial charge >= 0.3 is 5.97 Å². The standard InChI is InChI=1S/C29H18N2O6/c30-16-21-26(18-9-3-1-4-10-18)27(19-11-5-2-6-12-19)37-28(21)31-25(33)17-35-29(34)24-15-22(32)20-13-7-8-14-23(20)36-24/h1-15H,17H2,(H,31,33). The third-order valence-electron chi connectivity index (χ3n) is 5.54. The second-order valence-electron chi connectivity index (χ2n) is 7.95. The normalized spacial score (nSPS) is 10.6. The third-order valence-corrected chi connectivity index (χ3v) is 5.54. The summed E-state index contributed by atoms with van der Waals surface area (Å²) in [5, 5.41) is 12.8. The zero-order valence-corrected chi connectivity index (χ0v) is 19.3. The van der Waals surface area contributed by atoms with Crippen molar-refractivity contribution in [3.8, 4) is 28.5 Å². The molecule has 0 bridgehead atoms. The minimum atomic E-state index is -0.979. The molecule has 0 aliphatic carbocycles. The van der Waals surface area contributed by atoms with Gasteiger partial charge in [-0.15, -0.1) is 0 Å². The molecule has 3 aromatic carbocycles. The molecule has 0 saturated heterocycles. The van der Waals surface area contributed by atoms with Crippen LogP contribution in [0.2, 0.25) is 0 Å². The van der Waals surface area contributed by atoms with E-state index in [-0.39, 0.29) is 22.8 Å². The Balaban J connectivity index is 1.39. The monoisotopic (exact) mass is 490 g/mol. The number of anilines is 1. The molecule has 1 N–H and O–H groups in total. The summed E-state index contributed by atoms with van der Waals surface area (Å²) in [5.74, 6) is -1.70. The summed E-state index contributed by atoms with van der Waals surface area (Å²) in [6.45, 7) is -0.692. The molecular weight excluding hydrogens is 472 g/mol. The number of rotatable bonds is 6. The van der Waals surface area contributed by atoms with Crippen LogP contribution in [0.4, 0.5) is 5.88 Å². The molecule has 0 unspecified atom stereocenters. The molecule has 8 nitrogen and oxygen atoms in total. The lowest BCUT2D eigenvalue weighted by Crippen LogP contribution is -2.21. The molecule has 5 aromatic rings. The van der Waals surface area contributed by atoms with Gasteiger partial charge in [0.05, 0.1) is 5.39 Å². The van der Waals surface area contributed by atoms with Crippen molar-refractivity contribution in [2.75, 3.05) is 11.9 Å². The van der Waals surface area contributed by atoms with Crippen LogP contribution in [0, 0.1) is 11.3 Å². The SMILES string of the molecule is N#Cc1c(NC(=O)COC(=O)c2cc(=O)c3ccccc3o2)oc(-c2ccccc2)c1-c1ccccc1. The number of carbonyl (C=O) groups is 2. The molecule has 1 amide bonds. The fraction of sp³-hybridized carbons (Fsp3) is 0.0345. The highest BCUT2D eigenvalue weighted by Crippen LogP contribution is 2.41. The van der Waals surface area contributed by atoms with Gasteiger partial charge in [0.2, 0.25) is 11.6 Å². The van der Waals surface area contributed by atoms with E-state index in [4.69, 9.17) is 13.6 Å². The summed E-state index contributed by atoms with van der Waals surface area (Å²) in [5.41, 5.74) is 1.93. The number of hydrogen-bond acceptors (Lipinski definition) is 7. The molecule has 37 heavy (non-hydrogen) atoms. The molecule has 0 radical (unpaired) electrons. The minimum absolute atomic E-state index is 0.0708. The molecule has 8 heteroatoms. The van der Waals surface area contributed by atoms with E-state index >= 15 is 0 Å². The Bertz CT molecular complexity index is 1710. The van der Waals surface area contributed by atoms with Crippen LogP contribution in [0.5, 0.6) is 0 Å². The molecule has 0 atom stereocenters. The number of carbonyl (C=O) groups excluding carboxylic acids is 2. The average molecular weight is 490 g/mol. The van der Waals surface area contributed by atoms with E-state index in [9.17, 15) is 19.6 Å². The van der Waals surface area contributed by atoms with Crippen LogP contribution in [0.1, 0.15) is 16.1 Å². The van der Waals surface area contributed by atoms with E-state index in [1.165, 1.54) is 0 Å². The Morgan fingerprint density at radius 1 is 0.865 bits per heavy atom. The summed E-state index contributed by atoms with van der Waals surface area (Å²) in [4.78, 5) is 37.3. The number of fused-ring (bicyclic) bond motifs is 1. The van der Waals surface area contributed by atoms with Gasteiger partial charge in [-0.25, -0.2) is 4.79 Å². The highest BCUT2D eigenvalue weighted by atomic mass is 16.5. The van der Waals surface area contributed by atoms with Gasteiger partial charge < -0.3 is 13.6 Å². The van der Waals surface area contributed by atoms with Crippen LogP contribution in [-0.4, -0.2) is 18.5 Å². The van der Waals surface area contributed by atoms with Crippen molar-refractivity contribution in [3.63, 3.8) is 0 Å². The van der Waals surface area contributed by atoms with Gasteiger partial charge in [0.25, 0.3) is 5.91 Å². The van der Waals surface area contributed by atoms with Crippen LogP contribution < -0.4 is 10.7 Å². The van der Waals surface area contributed by atoms with Gasteiger partial charge in [-0.2, -0.15) is 5.26 Å². The zero-order chi connectivity index (χ0) is 25.8. The smallest absolute Gasteiger partial charge is 0.374 e. The van der Waals surface area contributed by atoms with Gasteiger partial charge in [0.15, 0.2) is 12.0 Å². The summed E-state index contributed by atoms with van der Waals surface area (Å²) >= 11 is 0. The van der Waals surface area contributed by atoms with Crippen molar-refractivity contribution >= 4 is 28.7 Å². The number of nitrogens with one attached hydrogen (secondary N) is 1. The molecule has 0 fully saturated rings. The number of benzene rings is 3. The van der Waals surface area contributed by atoms with E-state index in [1.54, 1.807) is 24.3 Å². The van der Waals surface area contributed by atoms with Gasteiger partial charge in [0, 0.05) is 17.2 Å². The van der Waals surface area contributed by atoms with Gasteiger partial charge in [-0.1, -0.05) is 72.8 Å². The highest BCUT2D eigenvalue weighted by Gasteiger charge is 2.24. The first-order chi connectivity index (χ1) is 18.0. The van der Waals surface area contributed by atoms with Crippen molar-refractivity contribution in [1.82, 2.24) is 0 Å². The number of hydrogen-bond donors (Lipinski definition) is 1. The fourth-order valence-electron chi connectivity index (χ4n) is 3.87. The number of amides is 1. The molecule has 0 aliphatic rings. The van der Waals surface area contributed by atoms with Crippen molar-refractivity contribution < 1.29 is 23.2 Å². The maximum absolute atomic E-state index is 12.6. The maximum atomic E-state index is 12.6. The number of para-hydroxylation sites is 1. The Labute approximate surface area is 210 Å². The van der Waals surface area contributed by atoms with Crippen LogP contribution in [0.3, 0.4) is 0 Å². The van der Waals surface area contributed by atoms with E-state index in [1.807, 2.05) is 60.7 Å². The van der Waals surface area contributed by atoms with Crippen LogP contribution in [0.15, 0.2) is 105 Å². The topological polar surface area (TPSA) is 123 Å². The molecule has 2 heterocycles. The largest absolute Gasteiger partial charge is 0.450 e. The van der Waals surface area contributed by atoms with E-state index in [0.29, 0.717) is 16.7 Å². The summed E-state index contributed by atoms with van der Waals surface area (Å²) in [6.07, 6.45) is 0. The molecule has 0 spiro atoms. The molecule has 2 aromatic heterocycles. The van der Waals surface area contributed by atoms with Crippen molar-refractivity contribution in [1.29, 1.82) is 5.26 Å². The Kier molecular flexibility index (Phi) is 6.34. The van der Waals surface area contributed by atoms with Crippen LogP contribution in [-0.2, 0) is 9.53 Å². The van der Waals surface area contributed by atoms with Crippen molar-refractivity contribution in [2.45, 2.75) is 0 Å². The molecule has 0 aliphatic heterocycles. The molecule has 0 saturated carbocycles. The van der Waals surface area contributed by atoms with Crippen LogP contribution in [0.25, 0.3) is 33.4 Å². The Morgan fingerprint density at radius 3 is 2.22 bits per heavy atom. The van der Waals surface area contributed by atoms with E-state index in [2.05, 4.69) is 11.4 Å². The molecule has 5 rings (SSSR count). The number of ether oxygens (including phenoxy) is 1. The zero-order valence-electron chi connectivity index (χ0n) is 19.3. The Hall–Kier alpha value is -5.42. The second-order valence-corrected chi connectivity index (χ2v) is 7.95. The van der Waals surface area contributed by atoms with Crippen molar-refractivity contribution in [3.05, 3.63) is 113 Å². The first-order valence-corrected chi connectivity index (χ1v) is 11.2. The lowest BCUT2D eigenvalue weighted by atomic mass is 9.98. The quantitative estimate of drug-likeness (QED) is 0.317. The highest BCUT2D eigenvalue weighted by molar-refractivity contribution is 5.97. The van der Waals surface area contributed by atoms with Gasteiger partial charge in [-0.05, 0) is 17.7 Å². The number of nitrogens with zero attached hydrogens (tertiary/aromatic N) is 1. The fourth-order valence-corrected chi connectivity index (χ4v) is 3.87. The van der Waals surface area contributed by atoms with Crippen LogP contribution >= 0.6 is 0 Å². The van der Waals surface area contributed by atoms with Crippen molar-refractivity contribution in [2.24, 2.45) is 0 Å². The summed E-state index contributed by atoms with van der Waals surface area (Å²) < 4.78 is 16.4. The summed E-state index contributed by atoms with van der Waals surface area (Å²) in [7, 11) is 0.